The molecule has 0 aliphatic heterocycles. The van der Waals surface area contributed by atoms with E-state index in [0.717, 1.165) is 0 Å². The van der Waals surface area contributed by atoms with Gasteiger partial charge < -0.3 is 0 Å². The van der Waals surface area contributed by atoms with Gasteiger partial charge in [-0.25, -0.2) is 0 Å². The Morgan fingerprint density at radius 2 is 0.643 bits per heavy atom. The van der Waals surface area contributed by atoms with Crippen molar-refractivity contribution in [3.8, 4) is 0 Å². The second-order valence-electron chi connectivity index (χ2n) is 2.06. The van der Waals surface area contributed by atoms with E-state index in [0.29, 0.717) is 0 Å². The summed E-state index contributed by atoms with van der Waals surface area (Å²) in [6.45, 7) is 4.49. The number of unbranched alkanes of at least 4 members (excludes halogenated alkanes) is 4. The molecule has 0 fully saturated rings. The van der Waals surface area contributed by atoms with Gasteiger partial charge in [0.1, 0.15) is 0 Å². The van der Waals surface area contributed by atoms with Crippen LogP contribution in [0, 0.1) is 0 Å². The van der Waals surface area contributed by atoms with Crippen molar-refractivity contribution < 1.29 is 0 Å². The highest BCUT2D eigenvalue weighted by Gasteiger charge is 1.80. The largest absolute Gasteiger partial charge is 0.0776 e. The lowest BCUT2D eigenvalue weighted by Gasteiger charge is -1.90. The highest BCUT2D eigenvalue weighted by Crippen LogP contribution is 2.00. The Morgan fingerprint density at radius 3 is 0.786 bits per heavy atom. The summed E-state index contributed by atoms with van der Waals surface area (Å²) >= 11 is 0. The third kappa shape index (κ3) is 90.8. The van der Waals surface area contributed by atoms with Crippen LogP contribution in [0.15, 0.2) is 0 Å². The summed E-state index contributed by atoms with van der Waals surface area (Å²) in [4.78, 5) is 0. The first-order valence-electron chi connectivity index (χ1n) is 3.41. The van der Waals surface area contributed by atoms with Crippen LogP contribution in [0.4, 0.5) is 0 Å². The quantitative estimate of drug-likeness (QED) is 0.425. The van der Waals surface area contributed by atoms with Crippen LogP contribution in [0.25, 0.3) is 0 Å². The van der Waals surface area contributed by atoms with E-state index in [2.05, 4.69) is 13.8 Å². The highest BCUT2D eigenvalue weighted by molar-refractivity contribution is 4.35. The molecule has 0 atom stereocenters. The Bertz CT molecular complexity index is 19.2. The Balaban J connectivity index is -0.00000000857. The molecule has 100 valence electrons. The standard InChI is InChI=1S/C7H16.7CH4/c1-3-5-7-6-4-2;;;;;;;/h3-7H2,1-2H3;7*1H4. The third-order valence-corrected chi connectivity index (χ3v) is 1.21. The van der Waals surface area contributed by atoms with Crippen molar-refractivity contribution in [2.45, 2.75) is 97.9 Å². The first kappa shape index (κ1) is 65.7. The van der Waals surface area contributed by atoms with E-state index < -0.39 is 0 Å². The summed E-state index contributed by atoms with van der Waals surface area (Å²) < 4.78 is 0. The van der Waals surface area contributed by atoms with Crippen LogP contribution in [-0.4, -0.2) is 0 Å². The van der Waals surface area contributed by atoms with Gasteiger partial charge >= 0.3 is 0 Å². The van der Waals surface area contributed by atoms with E-state index in [1.807, 2.05) is 0 Å². The van der Waals surface area contributed by atoms with Crippen LogP contribution in [0.5, 0.6) is 0 Å². The molecule has 0 aliphatic rings. The fourth-order valence-electron chi connectivity index (χ4n) is 0.677. The van der Waals surface area contributed by atoms with Crippen molar-refractivity contribution in [3.63, 3.8) is 0 Å². The molecule has 0 saturated heterocycles. The van der Waals surface area contributed by atoms with E-state index in [1.165, 1.54) is 32.1 Å². The number of hydrogen-bond acceptors (Lipinski definition) is 0. The summed E-state index contributed by atoms with van der Waals surface area (Å²) in [5.74, 6) is 0. The maximum atomic E-state index is 2.25. The zero-order valence-electron chi connectivity index (χ0n) is 5.54. The SMILES string of the molecule is C.C.C.C.C.C.C.CCCCCCC. The van der Waals surface area contributed by atoms with Gasteiger partial charge in [-0.15, -0.1) is 0 Å². The number of rotatable bonds is 4. The first-order chi connectivity index (χ1) is 3.41. The van der Waals surface area contributed by atoms with E-state index in [1.54, 1.807) is 0 Å². The summed E-state index contributed by atoms with van der Waals surface area (Å²) in [6.07, 6.45) is 7.01. The van der Waals surface area contributed by atoms with Crippen molar-refractivity contribution in [2.75, 3.05) is 0 Å². The molecule has 14 heavy (non-hydrogen) atoms. The van der Waals surface area contributed by atoms with Gasteiger partial charge in [-0.2, -0.15) is 0 Å². The molecule has 0 heterocycles. The predicted molar refractivity (Wildman–Crippen MR) is 81.6 cm³/mol. The topological polar surface area (TPSA) is 0 Å². The van der Waals surface area contributed by atoms with Crippen LogP contribution in [0.1, 0.15) is 97.9 Å². The minimum absolute atomic E-state index is 0. The predicted octanol–water partition coefficient (Wildman–Crippen LogP) is 7.43. The second-order valence-corrected chi connectivity index (χ2v) is 2.06. The van der Waals surface area contributed by atoms with Gasteiger partial charge in [0.15, 0.2) is 0 Å². The number of hydrogen-bond donors (Lipinski definition) is 0. The molecule has 0 rings (SSSR count). The molecule has 0 unspecified atom stereocenters. The van der Waals surface area contributed by atoms with Gasteiger partial charge in [0.2, 0.25) is 0 Å². The molecule has 0 radical (unpaired) electrons. The van der Waals surface area contributed by atoms with Gasteiger partial charge in [-0.05, 0) is 0 Å². The second kappa shape index (κ2) is 74.9. The third-order valence-electron chi connectivity index (χ3n) is 1.21. The smallest absolute Gasteiger partial charge is 0.0533 e. The summed E-state index contributed by atoms with van der Waals surface area (Å²) in [7, 11) is 0. The highest BCUT2D eigenvalue weighted by atomic mass is 13.9. The van der Waals surface area contributed by atoms with Crippen LogP contribution in [0.2, 0.25) is 0 Å². The lowest BCUT2D eigenvalue weighted by molar-refractivity contribution is 0.656. The molecule has 0 nitrogen and oxygen atoms in total. The lowest BCUT2D eigenvalue weighted by Crippen LogP contribution is -1.70. The zero-order valence-corrected chi connectivity index (χ0v) is 5.54. The van der Waals surface area contributed by atoms with Crippen molar-refractivity contribution in [2.24, 2.45) is 0 Å². The molecule has 0 heteroatoms. The minimum Gasteiger partial charge on any atom is -0.0776 e. The molecule has 0 aliphatic carbocycles. The van der Waals surface area contributed by atoms with Crippen molar-refractivity contribution >= 4 is 0 Å². The minimum atomic E-state index is 0. The average Bonchev–Trinajstić information content (AvgIpc) is 1.69. The van der Waals surface area contributed by atoms with E-state index >= 15 is 0 Å². The molecule has 0 aromatic carbocycles. The van der Waals surface area contributed by atoms with Crippen molar-refractivity contribution in [1.29, 1.82) is 0 Å². The lowest BCUT2D eigenvalue weighted by atomic mass is 10.2. The van der Waals surface area contributed by atoms with Gasteiger partial charge in [-0.3, -0.25) is 0 Å². The Kier molecular flexibility index (Phi) is 352. The van der Waals surface area contributed by atoms with Crippen molar-refractivity contribution in [3.05, 3.63) is 0 Å². The normalized spacial score (nSPS) is 4.71. The van der Waals surface area contributed by atoms with Gasteiger partial charge in [-0.1, -0.05) is 97.9 Å². The molecular formula is C14H44. The average molecular weight is 213 g/mol. The molecule has 0 spiro atoms. The van der Waals surface area contributed by atoms with Crippen LogP contribution >= 0.6 is 0 Å². The molecular weight excluding hydrogens is 168 g/mol. The fraction of sp³-hybridized carbons (Fsp3) is 1.00. The van der Waals surface area contributed by atoms with Gasteiger partial charge in [0.05, 0.1) is 0 Å². The van der Waals surface area contributed by atoms with Crippen molar-refractivity contribution in [1.82, 2.24) is 0 Å². The van der Waals surface area contributed by atoms with Crippen LogP contribution in [0.3, 0.4) is 0 Å². The van der Waals surface area contributed by atoms with E-state index in [9.17, 15) is 0 Å². The van der Waals surface area contributed by atoms with Gasteiger partial charge in [0, 0.05) is 0 Å². The van der Waals surface area contributed by atoms with E-state index in [-0.39, 0.29) is 52.0 Å². The monoisotopic (exact) mass is 212 g/mol. The molecule has 0 amide bonds. The van der Waals surface area contributed by atoms with Gasteiger partial charge in [0.25, 0.3) is 0 Å². The summed E-state index contributed by atoms with van der Waals surface area (Å²) in [5.41, 5.74) is 0. The molecule has 0 aromatic heterocycles. The zero-order chi connectivity index (χ0) is 5.54. The fourth-order valence-corrected chi connectivity index (χ4v) is 0.677. The molecule has 0 N–H and O–H groups in total. The maximum absolute atomic E-state index is 2.25. The Hall–Kier alpha value is 0. The van der Waals surface area contributed by atoms with Crippen LogP contribution < -0.4 is 0 Å². The molecule has 0 saturated carbocycles. The maximum Gasteiger partial charge on any atom is -0.0533 e. The summed E-state index contributed by atoms with van der Waals surface area (Å²) in [6, 6.07) is 0. The summed E-state index contributed by atoms with van der Waals surface area (Å²) in [5, 5.41) is 0. The molecule has 0 bridgehead atoms. The first-order valence-corrected chi connectivity index (χ1v) is 3.41. The Labute approximate surface area is 98.5 Å². The van der Waals surface area contributed by atoms with Crippen LogP contribution in [-0.2, 0) is 0 Å². The molecule has 0 aromatic rings. The Morgan fingerprint density at radius 1 is 0.429 bits per heavy atom. The van der Waals surface area contributed by atoms with E-state index in [4.69, 9.17) is 0 Å².